The van der Waals surface area contributed by atoms with Crippen molar-refractivity contribution < 1.29 is 0 Å². The van der Waals surface area contributed by atoms with Gasteiger partial charge in [0.2, 0.25) is 0 Å². The fourth-order valence-corrected chi connectivity index (χ4v) is 3.06. The summed E-state index contributed by atoms with van der Waals surface area (Å²) in [5.74, 6) is 1.90. The third kappa shape index (κ3) is 6.62. The van der Waals surface area contributed by atoms with Gasteiger partial charge in [-0.25, -0.2) is 0 Å². The largest absolute Gasteiger partial charge is 0.357 e. The van der Waals surface area contributed by atoms with Gasteiger partial charge in [0.15, 0.2) is 5.96 Å². The molecular weight excluding hydrogens is 316 g/mol. The van der Waals surface area contributed by atoms with E-state index in [1.54, 1.807) is 0 Å². The molecule has 0 spiro atoms. The molecule has 0 aliphatic heterocycles. The Morgan fingerprint density at radius 2 is 2.00 bits per heavy atom. The molecule has 0 aliphatic rings. The second-order valence-electron chi connectivity index (χ2n) is 5.40. The normalized spacial score (nSPS) is 11.3. The maximum absolute atomic E-state index is 4.66. The van der Waals surface area contributed by atoms with E-state index in [9.17, 15) is 0 Å². The van der Waals surface area contributed by atoms with Crippen LogP contribution >= 0.6 is 11.8 Å². The third-order valence-corrected chi connectivity index (χ3v) is 4.55. The molecule has 2 N–H and O–H groups in total. The van der Waals surface area contributed by atoms with E-state index in [2.05, 4.69) is 64.8 Å². The number of thioether (sulfide) groups is 1. The minimum Gasteiger partial charge on any atom is -0.357 e. The maximum atomic E-state index is 4.66. The van der Waals surface area contributed by atoms with Crippen LogP contribution < -0.4 is 10.6 Å². The minimum absolute atomic E-state index is 0.770. The van der Waals surface area contributed by atoms with Gasteiger partial charge in [0.25, 0.3) is 0 Å². The number of hydrogen-bond acceptors (Lipinski definition) is 3. The molecule has 24 heavy (non-hydrogen) atoms. The predicted molar refractivity (Wildman–Crippen MR) is 104 cm³/mol. The molecule has 5 heteroatoms. The highest BCUT2D eigenvalue weighted by Crippen LogP contribution is 2.15. The topological polar surface area (TPSA) is 49.3 Å². The Morgan fingerprint density at radius 1 is 1.17 bits per heavy atom. The second kappa shape index (κ2) is 10.7. The van der Waals surface area contributed by atoms with Crippen molar-refractivity contribution in [1.82, 2.24) is 15.6 Å². The molecule has 0 radical (unpaired) electrons. The average Bonchev–Trinajstić information content (AvgIpc) is 2.61. The van der Waals surface area contributed by atoms with Gasteiger partial charge in [0.05, 0.1) is 0 Å². The molecule has 0 aliphatic carbocycles. The van der Waals surface area contributed by atoms with Crippen LogP contribution in [0.2, 0.25) is 0 Å². The van der Waals surface area contributed by atoms with E-state index in [-0.39, 0.29) is 0 Å². The number of aliphatic imine (C=N–C) groups is 1. The van der Waals surface area contributed by atoms with Crippen molar-refractivity contribution >= 4 is 17.7 Å². The number of aromatic nitrogens is 1. The van der Waals surface area contributed by atoms with Crippen LogP contribution in [-0.2, 0) is 6.42 Å². The summed E-state index contributed by atoms with van der Waals surface area (Å²) in [6.07, 6.45) is 4.68. The van der Waals surface area contributed by atoms with Crippen molar-refractivity contribution in [3.63, 3.8) is 0 Å². The lowest BCUT2D eigenvalue weighted by atomic mass is 10.1. The first kappa shape index (κ1) is 18.3. The molecule has 0 saturated heterocycles. The van der Waals surface area contributed by atoms with Crippen molar-refractivity contribution in [3.8, 4) is 0 Å². The molecule has 1 aromatic heterocycles. The Labute approximate surface area is 149 Å². The molecule has 4 nitrogen and oxygen atoms in total. The Bertz CT molecular complexity index is 628. The molecule has 1 heterocycles. The Morgan fingerprint density at radius 3 is 2.75 bits per heavy atom. The van der Waals surface area contributed by atoms with Crippen LogP contribution in [0.1, 0.15) is 18.1 Å². The predicted octanol–water partition coefficient (Wildman–Crippen LogP) is 3.28. The van der Waals surface area contributed by atoms with E-state index < -0.39 is 0 Å². The molecule has 0 atom stereocenters. The number of guanidine groups is 1. The molecule has 2 aromatic rings. The Balaban J connectivity index is 1.75. The summed E-state index contributed by atoms with van der Waals surface area (Å²) in [5.41, 5.74) is 2.54. The van der Waals surface area contributed by atoms with Crippen LogP contribution in [0.4, 0.5) is 0 Å². The number of hydrogen-bond donors (Lipinski definition) is 2. The first-order chi connectivity index (χ1) is 11.8. The quantitative estimate of drug-likeness (QED) is 0.334. The monoisotopic (exact) mass is 342 g/mol. The molecule has 0 fully saturated rings. The highest BCUT2D eigenvalue weighted by molar-refractivity contribution is 7.99. The second-order valence-corrected chi connectivity index (χ2v) is 6.57. The van der Waals surface area contributed by atoms with E-state index in [0.717, 1.165) is 37.8 Å². The number of benzene rings is 1. The summed E-state index contributed by atoms with van der Waals surface area (Å²) >= 11 is 1.85. The van der Waals surface area contributed by atoms with Crippen molar-refractivity contribution in [1.29, 1.82) is 0 Å². The van der Waals surface area contributed by atoms with Crippen molar-refractivity contribution in [3.05, 3.63) is 59.9 Å². The molecule has 2 rings (SSSR count). The minimum atomic E-state index is 0.770. The maximum Gasteiger partial charge on any atom is 0.191 e. The van der Waals surface area contributed by atoms with E-state index in [1.165, 1.54) is 16.0 Å². The fraction of sp³-hybridized carbons (Fsp3) is 0.368. The number of rotatable bonds is 8. The number of nitrogens with zero attached hydrogens (tertiary/aromatic N) is 2. The lowest BCUT2D eigenvalue weighted by Crippen LogP contribution is -2.38. The summed E-state index contributed by atoms with van der Waals surface area (Å²) < 4.78 is 0. The van der Waals surface area contributed by atoms with E-state index in [1.807, 2.05) is 30.2 Å². The summed E-state index contributed by atoms with van der Waals surface area (Å²) in [7, 11) is 0. The summed E-state index contributed by atoms with van der Waals surface area (Å²) in [6.45, 7) is 6.71. The van der Waals surface area contributed by atoms with Crippen molar-refractivity contribution in [2.45, 2.75) is 25.2 Å². The molecule has 1 aromatic carbocycles. The highest BCUT2D eigenvalue weighted by atomic mass is 32.2. The van der Waals surface area contributed by atoms with Gasteiger partial charge >= 0.3 is 0 Å². The summed E-state index contributed by atoms with van der Waals surface area (Å²) in [5, 5.41) is 6.70. The van der Waals surface area contributed by atoms with Crippen molar-refractivity contribution in [2.75, 3.05) is 25.4 Å². The smallest absolute Gasteiger partial charge is 0.191 e. The zero-order chi connectivity index (χ0) is 17.0. The van der Waals surface area contributed by atoms with E-state index >= 15 is 0 Å². The van der Waals surface area contributed by atoms with E-state index in [4.69, 9.17) is 0 Å². The standard InChI is InChI=1S/C19H26N4S/c1-3-21-19(22-12-10-17-9-11-20-15-16(17)2)23-13-14-24-18-7-5-4-6-8-18/h4-9,11,15H,3,10,12-14H2,1-2H3,(H2,21,22,23). The zero-order valence-electron chi connectivity index (χ0n) is 14.5. The molecular formula is C19H26N4S. The summed E-state index contributed by atoms with van der Waals surface area (Å²) in [6, 6.07) is 12.5. The van der Waals surface area contributed by atoms with Crippen LogP contribution in [0.15, 0.2) is 58.7 Å². The van der Waals surface area contributed by atoms with Gasteiger partial charge < -0.3 is 10.6 Å². The molecule has 0 saturated carbocycles. The molecule has 0 amide bonds. The highest BCUT2D eigenvalue weighted by Gasteiger charge is 2.00. The van der Waals surface area contributed by atoms with Crippen LogP contribution in [0, 0.1) is 6.92 Å². The van der Waals surface area contributed by atoms with Crippen LogP contribution in [-0.4, -0.2) is 36.3 Å². The van der Waals surface area contributed by atoms with Gasteiger partial charge in [0, 0.05) is 42.7 Å². The Kier molecular flexibility index (Phi) is 8.18. The van der Waals surface area contributed by atoms with Crippen LogP contribution in [0.5, 0.6) is 0 Å². The number of nitrogens with one attached hydrogen (secondary N) is 2. The lowest BCUT2D eigenvalue weighted by molar-refractivity contribution is 0.834. The number of aryl methyl sites for hydroxylation is 1. The van der Waals surface area contributed by atoms with Gasteiger partial charge in [-0.1, -0.05) is 18.2 Å². The van der Waals surface area contributed by atoms with Gasteiger partial charge in [0.1, 0.15) is 0 Å². The SMILES string of the molecule is CCNC(=NCCc1ccncc1C)NCCSc1ccccc1. The summed E-state index contributed by atoms with van der Waals surface area (Å²) in [4.78, 5) is 10.1. The van der Waals surface area contributed by atoms with Crippen LogP contribution in [0.3, 0.4) is 0 Å². The lowest BCUT2D eigenvalue weighted by Gasteiger charge is -2.11. The first-order valence-corrected chi connectivity index (χ1v) is 9.37. The van der Waals surface area contributed by atoms with Gasteiger partial charge in [-0.05, 0) is 49.6 Å². The zero-order valence-corrected chi connectivity index (χ0v) is 15.3. The average molecular weight is 343 g/mol. The van der Waals surface area contributed by atoms with Crippen molar-refractivity contribution in [2.24, 2.45) is 4.99 Å². The first-order valence-electron chi connectivity index (χ1n) is 8.39. The number of pyridine rings is 1. The fourth-order valence-electron chi connectivity index (χ4n) is 2.27. The van der Waals surface area contributed by atoms with Gasteiger partial charge in [-0.15, -0.1) is 11.8 Å². The van der Waals surface area contributed by atoms with E-state index in [0.29, 0.717) is 0 Å². The van der Waals surface area contributed by atoms with Gasteiger partial charge in [-0.2, -0.15) is 0 Å². The van der Waals surface area contributed by atoms with Crippen LogP contribution in [0.25, 0.3) is 0 Å². The third-order valence-electron chi connectivity index (χ3n) is 3.54. The molecule has 0 unspecified atom stereocenters. The molecule has 0 bridgehead atoms. The Hall–Kier alpha value is -2.01. The van der Waals surface area contributed by atoms with Gasteiger partial charge in [-0.3, -0.25) is 9.98 Å². The molecule has 128 valence electrons.